The molecule has 1 rings (SSSR count). The van der Waals surface area contributed by atoms with Crippen LogP contribution in [0.3, 0.4) is 0 Å². The normalized spacial score (nSPS) is 23.9. The molecule has 0 aromatic rings. The molecule has 1 heterocycles. The minimum Gasteiger partial charge on any atom is -0.465 e. The maximum atomic E-state index is 12.0. The molecule has 0 aromatic heterocycles. The quantitative estimate of drug-likeness (QED) is 0.705. The Morgan fingerprint density at radius 2 is 2.22 bits per heavy atom. The second-order valence-corrected chi connectivity index (χ2v) is 5.36. The summed E-state index contributed by atoms with van der Waals surface area (Å²) in [6.07, 6.45) is 3.36. The summed E-state index contributed by atoms with van der Waals surface area (Å²) in [5.41, 5.74) is -0.549. The van der Waals surface area contributed by atoms with Gasteiger partial charge >= 0.3 is 5.97 Å². The molecule has 0 spiro atoms. The van der Waals surface area contributed by atoms with E-state index in [1.54, 1.807) is 0 Å². The molecular formula is C14H28N2O2. The zero-order valence-corrected chi connectivity index (χ0v) is 12.3. The van der Waals surface area contributed by atoms with Crippen molar-refractivity contribution in [2.75, 3.05) is 26.2 Å². The second-order valence-electron chi connectivity index (χ2n) is 5.36. The van der Waals surface area contributed by atoms with Crippen LogP contribution in [-0.4, -0.2) is 48.7 Å². The van der Waals surface area contributed by atoms with E-state index in [2.05, 4.69) is 17.1 Å². The number of ether oxygens (including phenoxy) is 1. The Bertz CT molecular complexity index is 271. The highest BCUT2D eigenvalue weighted by Gasteiger charge is 2.34. The second kappa shape index (κ2) is 7.10. The summed E-state index contributed by atoms with van der Waals surface area (Å²) in [6, 6.07) is 0.651. The van der Waals surface area contributed by atoms with Crippen LogP contribution in [0.5, 0.6) is 0 Å². The van der Waals surface area contributed by atoms with Gasteiger partial charge in [0.1, 0.15) is 5.54 Å². The Morgan fingerprint density at radius 1 is 1.50 bits per heavy atom. The van der Waals surface area contributed by atoms with Crippen molar-refractivity contribution in [1.29, 1.82) is 0 Å². The molecule has 4 nitrogen and oxygen atoms in total. The number of hydrogen-bond donors (Lipinski definition) is 1. The Balaban J connectivity index is 2.53. The third-order valence-corrected chi connectivity index (χ3v) is 3.88. The maximum Gasteiger partial charge on any atom is 0.326 e. The fourth-order valence-corrected chi connectivity index (χ4v) is 2.64. The van der Waals surface area contributed by atoms with Crippen LogP contribution in [0.1, 0.15) is 47.0 Å². The van der Waals surface area contributed by atoms with Crippen molar-refractivity contribution in [3.05, 3.63) is 0 Å². The fraction of sp³-hybridized carbons (Fsp3) is 0.929. The van der Waals surface area contributed by atoms with E-state index in [-0.39, 0.29) is 5.97 Å². The number of likely N-dealkylation sites (tertiary alicyclic amines) is 1. The largest absolute Gasteiger partial charge is 0.465 e. The van der Waals surface area contributed by atoms with Crippen LogP contribution >= 0.6 is 0 Å². The molecular weight excluding hydrogens is 228 g/mol. The highest BCUT2D eigenvalue weighted by Crippen LogP contribution is 2.20. The third kappa shape index (κ3) is 3.95. The first-order valence-electron chi connectivity index (χ1n) is 7.19. The average Bonchev–Trinajstić information content (AvgIpc) is 2.73. The molecule has 4 heteroatoms. The number of nitrogens with one attached hydrogen (secondary N) is 1. The first-order chi connectivity index (χ1) is 8.53. The van der Waals surface area contributed by atoms with Gasteiger partial charge in [0.05, 0.1) is 6.61 Å². The number of likely N-dealkylation sites (N-methyl/N-ethyl adjacent to an activating group) is 1. The van der Waals surface area contributed by atoms with Crippen LogP contribution in [0.4, 0.5) is 0 Å². The lowest BCUT2D eigenvalue weighted by Gasteiger charge is -2.31. The minimum absolute atomic E-state index is 0.126. The first-order valence-corrected chi connectivity index (χ1v) is 7.19. The smallest absolute Gasteiger partial charge is 0.326 e. The summed E-state index contributed by atoms with van der Waals surface area (Å²) < 4.78 is 5.18. The van der Waals surface area contributed by atoms with Gasteiger partial charge in [-0.2, -0.15) is 0 Å². The van der Waals surface area contributed by atoms with Gasteiger partial charge in [0, 0.05) is 12.6 Å². The first kappa shape index (κ1) is 15.4. The monoisotopic (exact) mass is 256 g/mol. The van der Waals surface area contributed by atoms with Crippen molar-refractivity contribution in [3.8, 4) is 0 Å². The lowest BCUT2D eigenvalue weighted by molar-refractivity contribution is -0.151. The molecule has 1 N–H and O–H groups in total. The zero-order chi connectivity index (χ0) is 13.6. The number of esters is 1. The van der Waals surface area contributed by atoms with E-state index in [9.17, 15) is 4.79 Å². The number of nitrogens with zero attached hydrogens (tertiary/aromatic N) is 1. The molecule has 0 bridgehead atoms. The van der Waals surface area contributed by atoms with Crippen molar-refractivity contribution < 1.29 is 9.53 Å². The maximum absolute atomic E-state index is 12.0. The zero-order valence-electron chi connectivity index (χ0n) is 12.3. The summed E-state index contributed by atoms with van der Waals surface area (Å²) >= 11 is 0. The summed E-state index contributed by atoms with van der Waals surface area (Å²) in [6.45, 7) is 11.4. The van der Waals surface area contributed by atoms with Crippen LogP contribution in [0, 0.1) is 0 Å². The molecule has 2 unspecified atom stereocenters. The Hall–Kier alpha value is -0.610. The standard InChI is InChI=1S/C14H28N2O2/c1-5-15-14(4,13(17)18-6-2)9-11-16-10-7-8-12(16)3/h12,15H,5-11H2,1-4H3. The molecule has 18 heavy (non-hydrogen) atoms. The van der Waals surface area contributed by atoms with Crippen molar-refractivity contribution in [3.63, 3.8) is 0 Å². The Morgan fingerprint density at radius 3 is 2.72 bits per heavy atom. The SMILES string of the molecule is CCNC(C)(CCN1CCCC1C)C(=O)OCC. The van der Waals surface area contributed by atoms with Gasteiger partial charge in [0.25, 0.3) is 0 Å². The van der Waals surface area contributed by atoms with E-state index in [1.165, 1.54) is 12.8 Å². The lowest BCUT2D eigenvalue weighted by atomic mass is 9.97. The summed E-state index contributed by atoms with van der Waals surface area (Å²) in [5, 5.41) is 3.28. The van der Waals surface area contributed by atoms with E-state index < -0.39 is 5.54 Å². The van der Waals surface area contributed by atoms with Crippen molar-refractivity contribution >= 4 is 5.97 Å². The van der Waals surface area contributed by atoms with Crippen LogP contribution in [0.25, 0.3) is 0 Å². The van der Waals surface area contributed by atoms with Gasteiger partial charge in [-0.25, -0.2) is 0 Å². The molecule has 1 aliphatic rings. The molecule has 1 fully saturated rings. The predicted octanol–water partition coefficient (Wildman–Crippen LogP) is 1.79. The number of hydrogen-bond acceptors (Lipinski definition) is 4. The topological polar surface area (TPSA) is 41.6 Å². The van der Waals surface area contributed by atoms with Crippen LogP contribution in [0.15, 0.2) is 0 Å². The third-order valence-electron chi connectivity index (χ3n) is 3.88. The fourth-order valence-electron chi connectivity index (χ4n) is 2.64. The van der Waals surface area contributed by atoms with Crippen molar-refractivity contribution in [1.82, 2.24) is 10.2 Å². The highest BCUT2D eigenvalue weighted by molar-refractivity contribution is 5.80. The van der Waals surface area contributed by atoms with Gasteiger partial charge in [-0.15, -0.1) is 0 Å². The number of carbonyl (C=O) groups excluding carboxylic acids is 1. The summed E-state index contributed by atoms with van der Waals surface area (Å²) in [7, 11) is 0. The van der Waals surface area contributed by atoms with Gasteiger partial charge in [0.2, 0.25) is 0 Å². The molecule has 0 aromatic carbocycles. The average molecular weight is 256 g/mol. The number of rotatable bonds is 7. The Kier molecular flexibility index (Phi) is 6.09. The molecule has 2 atom stereocenters. The van der Waals surface area contributed by atoms with Crippen molar-refractivity contribution in [2.45, 2.75) is 58.5 Å². The van der Waals surface area contributed by atoms with Crippen LogP contribution < -0.4 is 5.32 Å². The molecule has 0 saturated carbocycles. The molecule has 0 amide bonds. The van der Waals surface area contributed by atoms with E-state index in [4.69, 9.17) is 4.74 Å². The minimum atomic E-state index is -0.549. The summed E-state index contributed by atoms with van der Waals surface area (Å²) in [5.74, 6) is -0.126. The predicted molar refractivity (Wildman–Crippen MR) is 73.6 cm³/mol. The van der Waals surface area contributed by atoms with Crippen molar-refractivity contribution in [2.24, 2.45) is 0 Å². The molecule has 1 aliphatic heterocycles. The van der Waals surface area contributed by atoms with Crippen LogP contribution in [-0.2, 0) is 9.53 Å². The van der Waals surface area contributed by atoms with E-state index in [1.807, 2.05) is 20.8 Å². The highest BCUT2D eigenvalue weighted by atomic mass is 16.5. The van der Waals surface area contributed by atoms with E-state index in [0.29, 0.717) is 12.6 Å². The molecule has 1 saturated heterocycles. The Labute approximate surface area is 111 Å². The molecule has 0 radical (unpaired) electrons. The number of carbonyl (C=O) groups is 1. The van der Waals surface area contributed by atoms with Gasteiger partial charge < -0.3 is 15.0 Å². The van der Waals surface area contributed by atoms with Gasteiger partial charge in [-0.1, -0.05) is 6.92 Å². The van der Waals surface area contributed by atoms with Gasteiger partial charge in [-0.05, 0) is 53.1 Å². The summed E-state index contributed by atoms with van der Waals surface area (Å²) in [4.78, 5) is 14.5. The van der Waals surface area contributed by atoms with E-state index in [0.717, 1.165) is 26.1 Å². The van der Waals surface area contributed by atoms with Gasteiger partial charge in [0.15, 0.2) is 0 Å². The lowest BCUT2D eigenvalue weighted by Crippen LogP contribution is -2.52. The molecule has 0 aliphatic carbocycles. The van der Waals surface area contributed by atoms with E-state index >= 15 is 0 Å². The van der Waals surface area contributed by atoms with Crippen LogP contribution in [0.2, 0.25) is 0 Å². The van der Waals surface area contributed by atoms with Gasteiger partial charge in [-0.3, -0.25) is 4.79 Å². The molecule has 106 valence electrons.